The number of hydrogen-bond acceptors (Lipinski definition) is 7. The summed E-state index contributed by atoms with van der Waals surface area (Å²) in [6.07, 6.45) is 2.52. The van der Waals surface area contributed by atoms with Crippen LogP contribution in [-0.4, -0.2) is 41.1 Å². The standard InChI is InChI=1S/C14H20NO6PS.H2O/c1-11(16)23-12-9-14(20-10-12)13-5-3-4-6-15(13)7-8-21-22(17,18)19-2;/h3-6,12,14H,7-10H2,1-2H3;1H2. The van der Waals surface area contributed by atoms with E-state index < -0.39 is 7.82 Å². The van der Waals surface area contributed by atoms with Gasteiger partial charge in [-0.3, -0.25) is 13.8 Å². The van der Waals surface area contributed by atoms with E-state index >= 15 is 0 Å². The quantitative estimate of drug-likeness (QED) is 0.562. The Kier molecular flexibility index (Phi) is 8.52. The predicted molar refractivity (Wildman–Crippen MR) is 86.7 cm³/mol. The van der Waals surface area contributed by atoms with Gasteiger partial charge in [-0.1, -0.05) is 17.8 Å². The van der Waals surface area contributed by atoms with E-state index in [0.717, 1.165) is 19.2 Å². The van der Waals surface area contributed by atoms with Crippen LogP contribution in [0.15, 0.2) is 24.4 Å². The molecule has 24 heavy (non-hydrogen) atoms. The van der Waals surface area contributed by atoms with E-state index in [0.29, 0.717) is 13.2 Å². The summed E-state index contributed by atoms with van der Waals surface area (Å²) in [7, 11) is -2.84. The second kappa shape index (κ2) is 9.62. The molecule has 2 rings (SSSR count). The normalized spacial score (nSPS) is 22.6. The lowest BCUT2D eigenvalue weighted by atomic mass is 10.1. The van der Waals surface area contributed by atoms with Crippen LogP contribution in [0, 0.1) is 0 Å². The van der Waals surface area contributed by atoms with Gasteiger partial charge in [0.15, 0.2) is 17.9 Å². The molecular weight excluding hydrogens is 357 g/mol. The van der Waals surface area contributed by atoms with Gasteiger partial charge in [0.25, 0.3) is 0 Å². The average Bonchev–Trinajstić information content (AvgIpc) is 2.95. The second-order valence-corrected chi connectivity index (χ2v) is 8.13. The first-order valence-electron chi connectivity index (χ1n) is 7.21. The first-order chi connectivity index (χ1) is 10.9. The summed E-state index contributed by atoms with van der Waals surface area (Å²) in [4.78, 5) is 20.4. The van der Waals surface area contributed by atoms with Crippen LogP contribution < -0.4 is 4.57 Å². The first-order valence-corrected chi connectivity index (χ1v) is 9.59. The highest BCUT2D eigenvalue weighted by Crippen LogP contribution is 2.41. The molecular formula is C14H22NO7PS. The van der Waals surface area contributed by atoms with Crippen molar-refractivity contribution in [3.8, 4) is 0 Å². The van der Waals surface area contributed by atoms with Crippen LogP contribution in [0.5, 0.6) is 0 Å². The van der Waals surface area contributed by atoms with Crippen molar-refractivity contribution in [2.45, 2.75) is 31.2 Å². The molecule has 10 heteroatoms. The van der Waals surface area contributed by atoms with E-state index in [1.165, 1.54) is 11.8 Å². The molecule has 2 heterocycles. The number of thioether (sulfide) groups is 1. The molecule has 0 amide bonds. The number of ether oxygens (including phenoxy) is 1. The molecule has 1 saturated heterocycles. The topological polar surface area (TPSA) is 116 Å². The fourth-order valence-corrected chi connectivity index (χ4v) is 3.72. The molecule has 0 spiro atoms. The summed E-state index contributed by atoms with van der Waals surface area (Å²) in [6, 6.07) is 5.73. The van der Waals surface area contributed by atoms with Crippen LogP contribution in [0.1, 0.15) is 25.1 Å². The van der Waals surface area contributed by atoms with Crippen LogP contribution in [0.25, 0.3) is 0 Å². The van der Waals surface area contributed by atoms with Gasteiger partial charge in [-0.2, -0.15) is 4.57 Å². The summed E-state index contributed by atoms with van der Waals surface area (Å²) in [5, 5.41) is 0.250. The molecule has 3 unspecified atom stereocenters. The average molecular weight is 379 g/mol. The summed E-state index contributed by atoms with van der Waals surface area (Å²) in [5.74, 6) is 0. The largest absolute Gasteiger partial charge is 0.870 e. The lowest BCUT2D eigenvalue weighted by Crippen LogP contribution is -2.41. The van der Waals surface area contributed by atoms with Gasteiger partial charge < -0.3 is 15.1 Å². The third-order valence-electron chi connectivity index (χ3n) is 3.42. The highest BCUT2D eigenvalue weighted by atomic mass is 32.2. The molecule has 0 radical (unpaired) electrons. The maximum Gasteiger partial charge on any atom is 0.472 e. The Hall–Kier alpha value is -0.800. The number of hydrogen-bond donors (Lipinski definition) is 1. The maximum absolute atomic E-state index is 11.3. The molecule has 3 atom stereocenters. The number of nitrogens with zero attached hydrogens (tertiary/aromatic N) is 1. The minimum Gasteiger partial charge on any atom is -0.870 e. The number of pyridine rings is 1. The molecule has 1 aromatic heterocycles. The monoisotopic (exact) mass is 379 g/mol. The van der Waals surface area contributed by atoms with Crippen LogP contribution in [-0.2, 0) is 29.7 Å². The number of carbonyl (C=O) groups is 1. The van der Waals surface area contributed by atoms with E-state index in [2.05, 4.69) is 4.52 Å². The summed E-state index contributed by atoms with van der Waals surface area (Å²) in [5.41, 5.74) is 0.952. The van der Waals surface area contributed by atoms with E-state index in [9.17, 15) is 14.3 Å². The maximum atomic E-state index is 11.3. The smallest absolute Gasteiger partial charge is 0.472 e. The molecule has 0 aliphatic carbocycles. The van der Waals surface area contributed by atoms with Crippen molar-refractivity contribution in [1.29, 1.82) is 0 Å². The van der Waals surface area contributed by atoms with Gasteiger partial charge >= 0.3 is 7.82 Å². The number of phosphoric acid groups is 1. The van der Waals surface area contributed by atoms with E-state index in [1.54, 1.807) is 6.92 Å². The van der Waals surface area contributed by atoms with Gasteiger partial charge in [0, 0.05) is 31.4 Å². The molecule has 1 fully saturated rings. The molecule has 0 aromatic carbocycles. The van der Waals surface area contributed by atoms with Crippen molar-refractivity contribution < 1.29 is 38.1 Å². The molecule has 8 nitrogen and oxygen atoms in total. The Morgan fingerprint density at radius 2 is 2.29 bits per heavy atom. The van der Waals surface area contributed by atoms with Gasteiger partial charge in [0.05, 0.1) is 6.61 Å². The number of phosphoric ester groups is 1. The number of aromatic nitrogens is 1. The fourth-order valence-electron chi connectivity index (χ4n) is 2.41. The minimum absolute atomic E-state index is 0. The van der Waals surface area contributed by atoms with Crippen LogP contribution in [0.2, 0.25) is 0 Å². The third kappa shape index (κ3) is 6.25. The van der Waals surface area contributed by atoms with Crippen molar-refractivity contribution in [2.75, 3.05) is 20.3 Å². The molecule has 0 bridgehead atoms. The van der Waals surface area contributed by atoms with Crippen molar-refractivity contribution in [3.63, 3.8) is 0 Å². The SMILES string of the molecule is COP(=O)(O)OCC[n+]1ccccc1C1CC(SC(C)=O)CO1.[OH-]. The zero-order valence-corrected chi connectivity index (χ0v) is 15.2. The van der Waals surface area contributed by atoms with Crippen molar-refractivity contribution in [2.24, 2.45) is 0 Å². The van der Waals surface area contributed by atoms with Crippen LogP contribution in [0.3, 0.4) is 0 Å². The Bertz CT molecular complexity index is 600. The predicted octanol–water partition coefficient (Wildman–Crippen LogP) is 1.67. The van der Waals surface area contributed by atoms with E-state index in [4.69, 9.17) is 9.26 Å². The van der Waals surface area contributed by atoms with Crippen molar-refractivity contribution in [1.82, 2.24) is 0 Å². The van der Waals surface area contributed by atoms with E-state index in [-0.39, 0.29) is 28.6 Å². The molecule has 2 N–H and O–H groups in total. The van der Waals surface area contributed by atoms with E-state index in [1.807, 2.05) is 29.0 Å². The zero-order valence-electron chi connectivity index (χ0n) is 13.5. The van der Waals surface area contributed by atoms with Crippen molar-refractivity contribution in [3.05, 3.63) is 30.1 Å². The van der Waals surface area contributed by atoms with Gasteiger partial charge in [-0.05, 0) is 6.42 Å². The van der Waals surface area contributed by atoms with Gasteiger partial charge in [-0.15, -0.1) is 0 Å². The Balaban J connectivity index is 0.00000288. The summed E-state index contributed by atoms with van der Waals surface area (Å²) >= 11 is 1.31. The number of carbonyl (C=O) groups excluding carboxylic acids is 1. The number of rotatable bonds is 7. The lowest BCUT2D eigenvalue weighted by Gasteiger charge is -2.11. The molecule has 1 aromatic rings. The summed E-state index contributed by atoms with van der Waals surface area (Å²) < 4.78 is 28.2. The van der Waals surface area contributed by atoms with Crippen molar-refractivity contribution >= 4 is 24.7 Å². The molecule has 1 aliphatic heterocycles. The Morgan fingerprint density at radius 1 is 1.54 bits per heavy atom. The highest BCUT2D eigenvalue weighted by Gasteiger charge is 2.33. The van der Waals surface area contributed by atoms with Crippen LogP contribution in [0.4, 0.5) is 0 Å². The lowest BCUT2D eigenvalue weighted by molar-refractivity contribution is -0.708. The van der Waals surface area contributed by atoms with Gasteiger partial charge in [0.2, 0.25) is 5.69 Å². The molecule has 0 saturated carbocycles. The zero-order chi connectivity index (χ0) is 16.9. The second-order valence-electron chi connectivity index (χ2n) is 5.09. The molecule has 1 aliphatic rings. The first kappa shape index (κ1) is 21.2. The minimum atomic E-state index is -3.96. The Labute approximate surface area is 145 Å². The van der Waals surface area contributed by atoms with Gasteiger partial charge in [-0.25, -0.2) is 4.57 Å². The summed E-state index contributed by atoms with van der Waals surface area (Å²) in [6.45, 7) is 2.53. The third-order valence-corrected chi connectivity index (χ3v) is 5.38. The highest BCUT2D eigenvalue weighted by molar-refractivity contribution is 8.14. The Morgan fingerprint density at radius 3 is 2.96 bits per heavy atom. The van der Waals surface area contributed by atoms with Gasteiger partial charge in [0.1, 0.15) is 12.7 Å². The molecule has 136 valence electrons. The van der Waals surface area contributed by atoms with Crippen LogP contribution >= 0.6 is 19.6 Å². The fraction of sp³-hybridized carbons (Fsp3) is 0.571.